The summed E-state index contributed by atoms with van der Waals surface area (Å²) in [7, 11) is 0. The van der Waals surface area contributed by atoms with Crippen molar-refractivity contribution in [1.29, 1.82) is 0 Å². The number of hydrogen-bond acceptors (Lipinski definition) is 3. The SMILES string of the molecule is CCNC(=O)c1cccc(NC(=O)CNc2ccc(Cl)cc2Cl)c1. The van der Waals surface area contributed by atoms with Crippen LogP contribution in [-0.2, 0) is 4.79 Å². The van der Waals surface area contributed by atoms with Crippen molar-refractivity contribution in [3.63, 3.8) is 0 Å². The molecule has 0 heterocycles. The lowest BCUT2D eigenvalue weighted by molar-refractivity contribution is -0.114. The molecule has 0 fully saturated rings. The Hall–Kier alpha value is -2.24. The van der Waals surface area contributed by atoms with Crippen molar-refractivity contribution in [1.82, 2.24) is 5.32 Å². The minimum absolute atomic E-state index is 0.0345. The molecular weight excluding hydrogens is 349 g/mol. The molecule has 0 bridgehead atoms. The summed E-state index contributed by atoms with van der Waals surface area (Å²) in [6.07, 6.45) is 0. The molecule has 0 aliphatic rings. The summed E-state index contributed by atoms with van der Waals surface area (Å²) >= 11 is 11.9. The monoisotopic (exact) mass is 365 g/mol. The Labute approximate surface area is 150 Å². The highest BCUT2D eigenvalue weighted by Crippen LogP contribution is 2.25. The minimum atomic E-state index is -0.255. The number of carbonyl (C=O) groups is 2. The molecule has 2 aromatic carbocycles. The van der Waals surface area contributed by atoms with Crippen LogP contribution < -0.4 is 16.0 Å². The van der Waals surface area contributed by atoms with Crippen LogP contribution in [0.15, 0.2) is 42.5 Å². The largest absolute Gasteiger partial charge is 0.375 e. The van der Waals surface area contributed by atoms with E-state index in [1.165, 1.54) is 0 Å². The van der Waals surface area contributed by atoms with E-state index in [9.17, 15) is 9.59 Å². The minimum Gasteiger partial charge on any atom is -0.375 e. The molecule has 0 atom stereocenters. The van der Waals surface area contributed by atoms with E-state index >= 15 is 0 Å². The molecule has 126 valence electrons. The average molecular weight is 366 g/mol. The number of amides is 2. The quantitative estimate of drug-likeness (QED) is 0.729. The number of benzene rings is 2. The number of halogens is 2. The maximum absolute atomic E-state index is 12.0. The molecule has 2 rings (SSSR count). The van der Waals surface area contributed by atoms with Gasteiger partial charge in [0, 0.05) is 22.8 Å². The number of nitrogens with one attached hydrogen (secondary N) is 3. The summed E-state index contributed by atoms with van der Waals surface area (Å²) in [6.45, 7) is 2.42. The van der Waals surface area contributed by atoms with Gasteiger partial charge in [-0.05, 0) is 43.3 Å². The third-order valence-corrected chi connectivity index (χ3v) is 3.66. The molecule has 0 radical (unpaired) electrons. The second-order valence-corrected chi connectivity index (χ2v) is 5.81. The first-order valence-corrected chi connectivity index (χ1v) is 8.12. The zero-order valence-corrected chi connectivity index (χ0v) is 14.5. The number of carbonyl (C=O) groups excluding carboxylic acids is 2. The molecule has 7 heteroatoms. The fourth-order valence-corrected chi connectivity index (χ4v) is 2.49. The molecule has 0 saturated carbocycles. The smallest absolute Gasteiger partial charge is 0.251 e. The Morgan fingerprint density at radius 2 is 1.88 bits per heavy atom. The van der Waals surface area contributed by atoms with Crippen molar-refractivity contribution in [2.24, 2.45) is 0 Å². The third kappa shape index (κ3) is 5.15. The number of hydrogen-bond donors (Lipinski definition) is 3. The first-order valence-electron chi connectivity index (χ1n) is 7.36. The lowest BCUT2D eigenvalue weighted by Crippen LogP contribution is -2.24. The van der Waals surface area contributed by atoms with Gasteiger partial charge in [-0.3, -0.25) is 9.59 Å². The van der Waals surface area contributed by atoms with Gasteiger partial charge in [0.15, 0.2) is 0 Å². The van der Waals surface area contributed by atoms with Crippen molar-refractivity contribution in [2.45, 2.75) is 6.92 Å². The Bertz CT molecular complexity index is 750. The van der Waals surface area contributed by atoms with E-state index in [2.05, 4.69) is 16.0 Å². The van der Waals surface area contributed by atoms with E-state index in [4.69, 9.17) is 23.2 Å². The molecule has 0 saturated heterocycles. The standard InChI is InChI=1S/C17H17Cl2N3O2/c1-2-20-17(24)11-4-3-5-13(8-11)22-16(23)10-21-15-7-6-12(18)9-14(15)19/h3-9,21H,2,10H2,1H3,(H,20,24)(H,22,23). The van der Waals surface area contributed by atoms with Crippen molar-refractivity contribution in [3.05, 3.63) is 58.1 Å². The lowest BCUT2D eigenvalue weighted by atomic mass is 10.2. The molecular formula is C17H17Cl2N3O2. The molecule has 3 N–H and O–H groups in total. The van der Waals surface area contributed by atoms with Gasteiger partial charge in [0.2, 0.25) is 5.91 Å². The zero-order valence-electron chi connectivity index (χ0n) is 13.0. The normalized spacial score (nSPS) is 10.1. The van der Waals surface area contributed by atoms with Gasteiger partial charge in [-0.2, -0.15) is 0 Å². The van der Waals surface area contributed by atoms with E-state index < -0.39 is 0 Å². The van der Waals surface area contributed by atoms with Gasteiger partial charge in [-0.15, -0.1) is 0 Å². The van der Waals surface area contributed by atoms with Gasteiger partial charge >= 0.3 is 0 Å². The average Bonchev–Trinajstić information content (AvgIpc) is 2.54. The van der Waals surface area contributed by atoms with Crippen LogP contribution in [0.4, 0.5) is 11.4 Å². The van der Waals surface area contributed by atoms with Crippen LogP contribution in [0.1, 0.15) is 17.3 Å². The number of anilines is 2. The van der Waals surface area contributed by atoms with Gasteiger partial charge in [0.25, 0.3) is 5.91 Å². The number of rotatable bonds is 6. The highest BCUT2D eigenvalue weighted by Gasteiger charge is 2.08. The van der Waals surface area contributed by atoms with E-state index in [0.717, 1.165) is 0 Å². The molecule has 2 amide bonds. The molecule has 0 aliphatic heterocycles. The summed E-state index contributed by atoms with van der Waals surface area (Å²) in [4.78, 5) is 23.8. The van der Waals surface area contributed by atoms with Gasteiger partial charge in [0.1, 0.15) is 0 Å². The van der Waals surface area contributed by atoms with Gasteiger partial charge < -0.3 is 16.0 Å². The van der Waals surface area contributed by atoms with E-state index in [0.29, 0.717) is 33.5 Å². The molecule has 0 aliphatic carbocycles. The fourth-order valence-electron chi connectivity index (χ4n) is 2.01. The predicted molar refractivity (Wildman–Crippen MR) is 98.0 cm³/mol. The van der Waals surface area contributed by atoms with E-state index in [-0.39, 0.29) is 18.4 Å². The maximum atomic E-state index is 12.0. The van der Waals surface area contributed by atoms with Crippen LogP contribution in [-0.4, -0.2) is 24.9 Å². The highest BCUT2D eigenvalue weighted by atomic mass is 35.5. The maximum Gasteiger partial charge on any atom is 0.251 e. The van der Waals surface area contributed by atoms with E-state index in [1.807, 2.05) is 6.92 Å². The predicted octanol–water partition coefficient (Wildman–Crippen LogP) is 3.79. The Morgan fingerprint density at radius 3 is 2.58 bits per heavy atom. The zero-order chi connectivity index (χ0) is 17.5. The Kier molecular flexibility index (Phi) is 6.46. The summed E-state index contributed by atoms with van der Waals surface area (Å²) < 4.78 is 0. The highest BCUT2D eigenvalue weighted by molar-refractivity contribution is 6.36. The molecule has 5 nitrogen and oxygen atoms in total. The lowest BCUT2D eigenvalue weighted by Gasteiger charge is -2.10. The van der Waals surface area contributed by atoms with E-state index in [1.54, 1.807) is 42.5 Å². The van der Waals surface area contributed by atoms with Crippen LogP contribution >= 0.6 is 23.2 Å². The van der Waals surface area contributed by atoms with Crippen LogP contribution in [0.5, 0.6) is 0 Å². The second kappa shape index (κ2) is 8.57. The van der Waals surface area contributed by atoms with Crippen molar-refractivity contribution >= 4 is 46.4 Å². The van der Waals surface area contributed by atoms with Crippen LogP contribution in [0.25, 0.3) is 0 Å². The van der Waals surface area contributed by atoms with Crippen LogP contribution in [0.2, 0.25) is 10.0 Å². The molecule has 24 heavy (non-hydrogen) atoms. The molecule has 0 spiro atoms. The summed E-state index contributed by atoms with van der Waals surface area (Å²) in [5.74, 6) is -0.436. The fraction of sp³-hybridized carbons (Fsp3) is 0.176. The van der Waals surface area contributed by atoms with Gasteiger partial charge in [0.05, 0.1) is 17.3 Å². The third-order valence-electron chi connectivity index (χ3n) is 3.12. The summed E-state index contributed by atoms with van der Waals surface area (Å²) in [6, 6.07) is 11.7. The van der Waals surface area contributed by atoms with Crippen LogP contribution in [0, 0.1) is 0 Å². The first-order chi connectivity index (χ1) is 11.5. The van der Waals surface area contributed by atoms with Crippen molar-refractivity contribution in [3.8, 4) is 0 Å². The topological polar surface area (TPSA) is 70.2 Å². The summed E-state index contributed by atoms with van der Waals surface area (Å²) in [5, 5.41) is 9.34. The van der Waals surface area contributed by atoms with Crippen molar-refractivity contribution < 1.29 is 9.59 Å². The second-order valence-electron chi connectivity index (χ2n) is 4.97. The Morgan fingerprint density at radius 1 is 1.08 bits per heavy atom. The van der Waals surface area contributed by atoms with Gasteiger partial charge in [-0.1, -0.05) is 29.3 Å². The molecule has 0 aromatic heterocycles. The van der Waals surface area contributed by atoms with Crippen LogP contribution in [0.3, 0.4) is 0 Å². The molecule has 2 aromatic rings. The van der Waals surface area contributed by atoms with Crippen molar-refractivity contribution in [2.75, 3.05) is 23.7 Å². The Balaban J connectivity index is 1.95. The molecule has 0 unspecified atom stereocenters. The first kappa shape index (κ1) is 18.1. The van der Waals surface area contributed by atoms with Gasteiger partial charge in [-0.25, -0.2) is 0 Å². The summed E-state index contributed by atoms with van der Waals surface area (Å²) in [5.41, 5.74) is 1.66.